The molecular formula is C11H13Br2ClN2O2. The van der Waals surface area contributed by atoms with Crippen molar-refractivity contribution >= 4 is 50.0 Å². The number of ether oxygens (including phenoxy) is 2. The van der Waals surface area contributed by atoms with Gasteiger partial charge in [-0.05, 0) is 44.0 Å². The Balaban J connectivity index is 0.00000162. The first kappa shape index (κ1) is 15.6. The zero-order chi connectivity index (χ0) is 12.3. The zero-order valence-electron chi connectivity index (χ0n) is 9.41. The van der Waals surface area contributed by atoms with E-state index in [0.29, 0.717) is 24.6 Å². The summed E-state index contributed by atoms with van der Waals surface area (Å²) in [6, 6.07) is 3.63. The number of nitrogen functional groups attached to an aromatic ring is 1. The van der Waals surface area contributed by atoms with E-state index in [-0.39, 0.29) is 12.4 Å². The molecule has 0 bridgehead atoms. The van der Waals surface area contributed by atoms with Crippen LogP contribution in [0.25, 0.3) is 0 Å². The number of nitrogens with two attached hydrogens (primary N) is 1. The van der Waals surface area contributed by atoms with Gasteiger partial charge in [-0.25, -0.2) is 0 Å². The Labute approximate surface area is 129 Å². The highest BCUT2D eigenvalue weighted by Crippen LogP contribution is 2.33. The normalized spacial score (nSPS) is 16.9. The van der Waals surface area contributed by atoms with Gasteiger partial charge in [-0.1, -0.05) is 0 Å². The van der Waals surface area contributed by atoms with Crippen LogP contribution in [-0.2, 0) is 4.74 Å². The van der Waals surface area contributed by atoms with E-state index in [0.717, 1.165) is 21.2 Å². The molecule has 1 heterocycles. The third-order valence-corrected chi connectivity index (χ3v) is 3.56. The molecule has 0 radical (unpaired) electrons. The molecule has 1 aliphatic heterocycles. The number of anilines is 1. The smallest absolute Gasteiger partial charge is 0.145 e. The highest BCUT2D eigenvalue weighted by molar-refractivity contribution is 9.11. The summed E-state index contributed by atoms with van der Waals surface area (Å²) in [5, 5.41) is 3.19. The van der Waals surface area contributed by atoms with E-state index in [1.54, 1.807) is 6.26 Å². The van der Waals surface area contributed by atoms with Crippen LogP contribution in [0.4, 0.5) is 5.69 Å². The van der Waals surface area contributed by atoms with Crippen LogP contribution in [0.15, 0.2) is 33.1 Å². The Hall–Kier alpha value is -0.430. The Morgan fingerprint density at radius 3 is 2.56 bits per heavy atom. The van der Waals surface area contributed by atoms with Crippen molar-refractivity contribution in [1.82, 2.24) is 5.32 Å². The first-order chi connectivity index (χ1) is 8.16. The first-order valence-electron chi connectivity index (χ1n) is 5.10. The quantitative estimate of drug-likeness (QED) is 0.592. The standard InChI is InChI=1S/C11H12Br2N2O2.ClH/c12-9-3-7(4-10(13)11(9)14)17-6-8-5-15-1-2-16-8;/h3-4,6,15H,1-2,5,14H2;1H. The molecule has 0 spiro atoms. The van der Waals surface area contributed by atoms with Gasteiger partial charge in [-0.15, -0.1) is 12.4 Å². The minimum Gasteiger partial charge on any atom is -0.492 e. The molecule has 0 amide bonds. The predicted molar refractivity (Wildman–Crippen MR) is 81.0 cm³/mol. The molecule has 1 saturated heterocycles. The molecule has 4 nitrogen and oxygen atoms in total. The molecule has 3 N–H and O–H groups in total. The second-order valence-corrected chi connectivity index (χ2v) is 5.24. The molecule has 1 aromatic carbocycles. The van der Waals surface area contributed by atoms with Gasteiger partial charge in [0.1, 0.15) is 24.4 Å². The van der Waals surface area contributed by atoms with Gasteiger partial charge in [0.2, 0.25) is 0 Å². The fourth-order valence-electron chi connectivity index (χ4n) is 1.36. The van der Waals surface area contributed by atoms with Crippen LogP contribution in [0, 0.1) is 0 Å². The van der Waals surface area contributed by atoms with E-state index < -0.39 is 0 Å². The van der Waals surface area contributed by atoms with Crippen LogP contribution in [0.1, 0.15) is 0 Å². The average Bonchev–Trinajstić information content (AvgIpc) is 2.34. The maximum absolute atomic E-state index is 5.79. The lowest BCUT2D eigenvalue weighted by molar-refractivity contribution is 0.168. The Kier molecular flexibility index (Phi) is 6.28. The lowest BCUT2D eigenvalue weighted by Crippen LogP contribution is -2.29. The monoisotopic (exact) mass is 398 g/mol. The minimum atomic E-state index is 0. The number of halogens is 3. The molecule has 1 fully saturated rings. The van der Waals surface area contributed by atoms with Crippen LogP contribution >= 0.6 is 44.3 Å². The summed E-state index contributed by atoms with van der Waals surface area (Å²) < 4.78 is 12.5. The summed E-state index contributed by atoms with van der Waals surface area (Å²) in [6.07, 6.45) is 1.61. The molecular weight excluding hydrogens is 387 g/mol. The van der Waals surface area contributed by atoms with Crippen molar-refractivity contribution in [1.29, 1.82) is 0 Å². The molecule has 100 valence electrons. The summed E-state index contributed by atoms with van der Waals surface area (Å²) in [5.41, 5.74) is 6.44. The molecule has 0 aliphatic carbocycles. The number of benzene rings is 1. The summed E-state index contributed by atoms with van der Waals surface area (Å²) in [7, 11) is 0. The van der Waals surface area contributed by atoms with Crippen LogP contribution in [-0.4, -0.2) is 19.7 Å². The molecule has 2 rings (SSSR count). The number of hydrogen-bond acceptors (Lipinski definition) is 4. The molecule has 0 aromatic heterocycles. The van der Waals surface area contributed by atoms with Gasteiger partial charge in [0.15, 0.2) is 0 Å². The van der Waals surface area contributed by atoms with E-state index in [1.165, 1.54) is 0 Å². The SMILES string of the molecule is Cl.Nc1c(Br)cc(OC=C2CNCCO2)cc1Br. The van der Waals surface area contributed by atoms with E-state index in [4.69, 9.17) is 15.2 Å². The highest BCUT2D eigenvalue weighted by atomic mass is 79.9. The summed E-state index contributed by atoms with van der Waals surface area (Å²) in [5.74, 6) is 1.49. The number of hydrogen-bond donors (Lipinski definition) is 2. The second kappa shape index (κ2) is 7.23. The van der Waals surface area contributed by atoms with Crippen LogP contribution < -0.4 is 15.8 Å². The van der Waals surface area contributed by atoms with Crippen molar-refractivity contribution in [3.05, 3.63) is 33.1 Å². The summed E-state index contributed by atoms with van der Waals surface area (Å²) in [4.78, 5) is 0. The second-order valence-electron chi connectivity index (χ2n) is 3.53. The molecule has 0 saturated carbocycles. The molecule has 1 aromatic rings. The lowest BCUT2D eigenvalue weighted by atomic mass is 10.3. The first-order valence-corrected chi connectivity index (χ1v) is 6.69. The van der Waals surface area contributed by atoms with Gasteiger partial charge in [-0.3, -0.25) is 0 Å². The summed E-state index contributed by atoms with van der Waals surface area (Å²) >= 11 is 6.73. The van der Waals surface area contributed by atoms with Crippen molar-refractivity contribution in [2.45, 2.75) is 0 Å². The van der Waals surface area contributed by atoms with E-state index in [2.05, 4.69) is 37.2 Å². The fourth-order valence-corrected chi connectivity index (χ4v) is 2.50. The van der Waals surface area contributed by atoms with Crippen LogP contribution in [0.2, 0.25) is 0 Å². The van der Waals surface area contributed by atoms with Gasteiger partial charge in [0.05, 0.1) is 12.2 Å². The van der Waals surface area contributed by atoms with Crippen LogP contribution in [0.5, 0.6) is 5.75 Å². The van der Waals surface area contributed by atoms with E-state index >= 15 is 0 Å². The van der Waals surface area contributed by atoms with Gasteiger partial charge < -0.3 is 20.5 Å². The Morgan fingerprint density at radius 2 is 2.00 bits per heavy atom. The van der Waals surface area contributed by atoms with Crippen molar-refractivity contribution < 1.29 is 9.47 Å². The van der Waals surface area contributed by atoms with Crippen molar-refractivity contribution in [2.24, 2.45) is 0 Å². The predicted octanol–water partition coefficient (Wildman–Crippen LogP) is 3.06. The lowest BCUT2D eigenvalue weighted by Gasteiger charge is -2.17. The number of nitrogens with one attached hydrogen (secondary N) is 1. The topological polar surface area (TPSA) is 56.5 Å². The third-order valence-electron chi connectivity index (χ3n) is 2.24. The van der Waals surface area contributed by atoms with Crippen molar-refractivity contribution in [2.75, 3.05) is 25.4 Å². The van der Waals surface area contributed by atoms with Gasteiger partial charge in [0, 0.05) is 15.5 Å². The summed E-state index contributed by atoms with van der Waals surface area (Å²) in [6.45, 7) is 2.23. The van der Waals surface area contributed by atoms with Crippen LogP contribution in [0.3, 0.4) is 0 Å². The minimum absolute atomic E-state index is 0. The van der Waals surface area contributed by atoms with E-state index in [1.807, 2.05) is 12.1 Å². The Bertz CT molecular complexity index is 424. The largest absolute Gasteiger partial charge is 0.492 e. The number of morpholine rings is 1. The zero-order valence-corrected chi connectivity index (χ0v) is 13.4. The molecule has 0 atom stereocenters. The van der Waals surface area contributed by atoms with Gasteiger partial charge in [-0.2, -0.15) is 0 Å². The van der Waals surface area contributed by atoms with Crippen molar-refractivity contribution in [3.8, 4) is 5.75 Å². The highest BCUT2D eigenvalue weighted by Gasteiger charge is 2.07. The molecule has 18 heavy (non-hydrogen) atoms. The molecule has 7 heteroatoms. The van der Waals surface area contributed by atoms with E-state index in [9.17, 15) is 0 Å². The maximum Gasteiger partial charge on any atom is 0.145 e. The molecule has 1 aliphatic rings. The van der Waals surface area contributed by atoms with Gasteiger partial charge in [0.25, 0.3) is 0 Å². The third kappa shape index (κ3) is 4.05. The van der Waals surface area contributed by atoms with Gasteiger partial charge >= 0.3 is 0 Å². The Morgan fingerprint density at radius 1 is 1.33 bits per heavy atom. The fraction of sp³-hybridized carbons (Fsp3) is 0.273. The average molecular weight is 400 g/mol. The maximum atomic E-state index is 5.79. The number of rotatable bonds is 2. The molecule has 0 unspecified atom stereocenters. The van der Waals surface area contributed by atoms with Crippen molar-refractivity contribution in [3.63, 3.8) is 0 Å².